The standard InChI is InChI=1S/C9H19NO/c1-8(2)10-6-4-3-5-9(10)7-11/h8-9,11H,3-7H2,1-2H3. The topological polar surface area (TPSA) is 23.5 Å². The Balaban J connectivity index is 2.44. The van der Waals surface area contributed by atoms with Crippen molar-refractivity contribution in [1.82, 2.24) is 4.90 Å². The molecule has 0 spiro atoms. The third kappa shape index (κ3) is 2.17. The number of likely N-dealkylation sites (tertiary alicyclic amines) is 1. The molecule has 0 aliphatic carbocycles. The average Bonchev–Trinajstić information content (AvgIpc) is 2.04. The summed E-state index contributed by atoms with van der Waals surface area (Å²) in [6, 6.07) is 1.02. The van der Waals surface area contributed by atoms with E-state index in [1.807, 2.05) is 0 Å². The lowest BCUT2D eigenvalue weighted by molar-refractivity contribution is 0.0653. The van der Waals surface area contributed by atoms with Crippen molar-refractivity contribution in [3.63, 3.8) is 0 Å². The van der Waals surface area contributed by atoms with Gasteiger partial charge in [0.25, 0.3) is 0 Å². The van der Waals surface area contributed by atoms with Gasteiger partial charge in [0, 0.05) is 12.1 Å². The first-order chi connectivity index (χ1) is 5.25. The number of aliphatic hydroxyl groups excluding tert-OH is 1. The number of aliphatic hydroxyl groups is 1. The van der Waals surface area contributed by atoms with E-state index in [1.54, 1.807) is 0 Å². The highest BCUT2D eigenvalue weighted by atomic mass is 16.3. The summed E-state index contributed by atoms with van der Waals surface area (Å²) in [6.07, 6.45) is 3.76. The maximum Gasteiger partial charge on any atom is 0.0586 e. The molecule has 2 heteroatoms. The lowest BCUT2D eigenvalue weighted by Crippen LogP contribution is -2.45. The highest BCUT2D eigenvalue weighted by Crippen LogP contribution is 2.18. The van der Waals surface area contributed by atoms with Gasteiger partial charge in [-0.05, 0) is 33.2 Å². The minimum absolute atomic E-state index is 0.332. The molecule has 11 heavy (non-hydrogen) atoms. The van der Waals surface area contributed by atoms with Crippen molar-refractivity contribution < 1.29 is 5.11 Å². The van der Waals surface area contributed by atoms with Crippen LogP contribution in [0.4, 0.5) is 0 Å². The van der Waals surface area contributed by atoms with Gasteiger partial charge in [0.2, 0.25) is 0 Å². The minimum Gasteiger partial charge on any atom is -0.395 e. The second-order valence-corrected chi connectivity index (χ2v) is 3.66. The first-order valence-electron chi connectivity index (χ1n) is 4.62. The maximum atomic E-state index is 9.07. The Morgan fingerprint density at radius 2 is 2.18 bits per heavy atom. The summed E-state index contributed by atoms with van der Waals surface area (Å²) >= 11 is 0. The predicted molar refractivity (Wildman–Crippen MR) is 46.6 cm³/mol. The quantitative estimate of drug-likeness (QED) is 0.652. The van der Waals surface area contributed by atoms with Crippen LogP contribution < -0.4 is 0 Å². The van der Waals surface area contributed by atoms with E-state index in [2.05, 4.69) is 18.7 Å². The fourth-order valence-electron chi connectivity index (χ4n) is 1.90. The predicted octanol–water partition coefficient (Wildman–Crippen LogP) is 1.24. The summed E-state index contributed by atoms with van der Waals surface area (Å²) in [5, 5.41) is 9.07. The molecule has 0 aromatic rings. The van der Waals surface area contributed by atoms with Crippen molar-refractivity contribution in [3.05, 3.63) is 0 Å². The number of rotatable bonds is 2. The van der Waals surface area contributed by atoms with E-state index in [-0.39, 0.29) is 0 Å². The molecule has 0 saturated carbocycles. The number of hydrogen-bond donors (Lipinski definition) is 1. The monoisotopic (exact) mass is 157 g/mol. The zero-order valence-corrected chi connectivity index (χ0v) is 7.58. The van der Waals surface area contributed by atoms with Crippen LogP contribution in [-0.4, -0.2) is 35.2 Å². The summed E-state index contributed by atoms with van der Waals surface area (Å²) in [6.45, 7) is 5.91. The lowest BCUT2D eigenvalue weighted by atomic mass is 10.0. The largest absolute Gasteiger partial charge is 0.395 e. The molecule has 1 aliphatic heterocycles. The molecule has 1 rings (SSSR count). The van der Waals surface area contributed by atoms with Gasteiger partial charge in [0.15, 0.2) is 0 Å². The molecule has 1 heterocycles. The number of piperidine rings is 1. The molecule has 66 valence electrons. The van der Waals surface area contributed by atoms with Crippen molar-refractivity contribution in [3.8, 4) is 0 Å². The average molecular weight is 157 g/mol. The van der Waals surface area contributed by atoms with Crippen LogP contribution in [0.1, 0.15) is 33.1 Å². The highest BCUT2D eigenvalue weighted by molar-refractivity contribution is 4.78. The van der Waals surface area contributed by atoms with Gasteiger partial charge in [-0.1, -0.05) is 6.42 Å². The van der Waals surface area contributed by atoms with E-state index in [0.29, 0.717) is 18.7 Å². The number of nitrogens with zero attached hydrogens (tertiary/aromatic N) is 1. The van der Waals surface area contributed by atoms with Crippen LogP contribution in [0, 0.1) is 0 Å². The van der Waals surface area contributed by atoms with Crippen molar-refractivity contribution >= 4 is 0 Å². The van der Waals surface area contributed by atoms with E-state index in [4.69, 9.17) is 5.11 Å². The Hall–Kier alpha value is -0.0800. The van der Waals surface area contributed by atoms with E-state index in [1.165, 1.54) is 25.8 Å². The molecular weight excluding hydrogens is 138 g/mol. The van der Waals surface area contributed by atoms with Crippen LogP contribution in [0.15, 0.2) is 0 Å². The zero-order valence-electron chi connectivity index (χ0n) is 7.58. The van der Waals surface area contributed by atoms with E-state index >= 15 is 0 Å². The van der Waals surface area contributed by atoms with Gasteiger partial charge in [-0.25, -0.2) is 0 Å². The molecule has 0 radical (unpaired) electrons. The van der Waals surface area contributed by atoms with Gasteiger partial charge in [0.05, 0.1) is 6.61 Å². The second-order valence-electron chi connectivity index (χ2n) is 3.66. The Bertz CT molecular complexity index is 114. The van der Waals surface area contributed by atoms with Gasteiger partial charge in [-0.3, -0.25) is 4.90 Å². The summed E-state index contributed by atoms with van der Waals surface area (Å²) in [5.74, 6) is 0. The van der Waals surface area contributed by atoms with Crippen LogP contribution >= 0.6 is 0 Å². The Labute approximate surface area is 69.2 Å². The SMILES string of the molecule is CC(C)N1CCCCC1CO. The smallest absolute Gasteiger partial charge is 0.0586 e. The fraction of sp³-hybridized carbons (Fsp3) is 1.00. The van der Waals surface area contributed by atoms with Crippen molar-refractivity contribution in [1.29, 1.82) is 0 Å². The normalized spacial score (nSPS) is 27.8. The first-order valence-corrected chi connectivity index (χ1v) is 4.62. The summed E-state index contributed by atoms with van der Waals surface area (Å²) in [7, 11) is 0. The van der Waals surface area contributed by atoms with Crippen LogP contribution in [0.3, 0.4) is 0 Å². The fourth-order valence-corrected chi connectivity index (χ4v) is 1.90. The number of hydrogen-bond acceptors (Lipinski definition) is 2. The molecule has 1 atom stereocenters. The molecule has 1 N–H and O–H groups in total. The molecule has 1 saturated heterocycles. The van der Waals surface area contributed by atoms with Gasteiger partial charge < -0.3 is 5.11 Å². The van der Waals surface area contributed by atoms with Crippen molar-refractivity contribution in [2.45, 2.75) is 45.2 Å². The van der Waals surface area contributed by atoms with E-state index < -0.39 is 0 Å². The third-order valence-electron chi connectivity index (χ3n) is 2.55. The summed E-state index contributed by atoms with van der Waals surface area (Å²) in [5.41, 5.74) is 0. The van der Waals surface area contributed by atoms with Crippen molar-refractivity contribution in [2.24, 2.45) is 0 Å². The molecule has 0 aromatic carbocycles. The zero-order chi connectivity index (χ0) is 8.27. The molecule has 1 aliphatic rings. The highest BCUT2D eigenvalue weighted by Gasteiger charge is 2.22. The molecular formula is C9H19NO. The van der Waals surface area contributed by atoms with Gasteiger partial charge in [0.1, 0.15) is 0 Å². The molecule has 1 unspecified atom stereocenters. The van der Waals surface area contributed by atoms with Gasteiger partial charge >= 0.3 is 0 Å². The molecule has 0 aromatic heterocycles. The molecule has 2 nitrogen and oxygen atoms in total. The Morgan fingerprint density at radius 1 is 1.45 bits per heavy atom. The molecule has 0 bridgehead atoms. The summed E-state index contributed by atoms with van der Waals surface area (Å²) in [4.78, 5) is 2.41. The molecule has 0 amide bonds. The van der Waals surface area contributed by atoms with Crippen molar-refractivity contribution in [2.75, 3.05) is 13.2 Å². The molecule has 1 fully saturated rings. The Morgan fingerprint density at radius 3 is 2.64 bits per heavy atom. The van der Waals surface area contributed by atoms with Crippen LogP contribution in [0.5, 0.6) is 0 Å². The minimum atomic E-state index is 0.332. The van der Waals surface area contributed by atoms with Crippen LogP contribution in [0.25, 0.3) is 0 Å². The first kappa shape index (κ1) is 9.01. The van der Waals surface area contributed by atoms with Crippen LogP contribution in [0.2, 0.25) is 0 Å². The second kappa shape index (κ2) is 4.07. The Kier molecular flexibility index (Phi) is 3.34. The van der Waals surface area contributed by atoms with Gasteiger partial charge in [-0.15, -0.1) is 0 Å². The maximum absolute atomic E-state index is 9.07. The lowest BCUT2D eigenvalue weighted by Gasteiger charge is -2.37. The third-order valence-corrected chi connectivity index (χ3v) is 2.55. The van der Waals surface area contributed by atoms with E-state index in [9.17, 15) is 0 Å². The van der Waals surface area contributed by atoms with E-state index in [0.717, 1.165) is 0 Å². The van der Waals surface area contributed by atoms with Gasteiger partial charge in [-0.2, -0.15) is 0 Å². The summed E-state index contributed by atoms with van der Waals surface area (Å²) < 4.78 is 0. The van der Waals surface area contributed by atoms with Crippen LogP contribution in [-0.2, 0) is 0 Å².